The normalized spacial score (nSPS) is 11.3. The molecule has 0 aliphatic heterocycles. The number of carbonyl (C=O) groups is 1. The van der Waals surface area contributed by atoms with Crippen molar-refractivity contribution >= 4 is 17.3 Å². The lowest BCUT2D eigenvalue weighted by Gasteiger charge is -2.06. The molecule has 1 rings (SSSR count). The standard InChI is InChI=1S/C38H70O2S/c1-2-3-4-5-6-7-8-9-15-18-21-24-27-30-35-40-38(39)34-29-26-23-20-17-14-12-10-11-13-16-19-22-25-28-32-37-33-31-36-41-37/h31,33,36H,2-30,32,34-35H2,1H3. The first-order valence-corrected chi connectivity index (χ1v) is 19.4. The third-order valence-electron chi connectivity index (χ3n) is 8.65. The fraction of sp³-hybridized carbons (Fsp3) is 0.868. The number of ether oxygens (including phenoxy) is 1. The summed E-state index contributed by atoms with van der Waals surface area (Å²) in [6.07, 6.45) is 41.2. The molecule has 0 saturated carbocycles. The first-order valence-electron chi connectivity index (χ1n) is 18.5. The molecule has 1 aromatic heterocycles. The van der Waals surface area contributed by atoms with Crippen molar-refractivity contribution in [1.29, 1.82) is 0 Å². The van der Waals surface area contributed by atoms with E-state index < -0.39 is 0 Å². The second-order valence-corrected chi connectivity index (χ2v) is 13.7. The van der Waals surface area contributed by atoms with Gasteiger partial charge in [-0.05, 0) is 37.1 Å². The van der Waals surface area contributed by atoms with Crippen LogP contribution >= 0.6 is 11.3 Å². The van der Waals surface area contributed by atoms with Crippen molar-refractivity contribution in [3.8, 4) is 0 Å². The van der Waals surface area contributed by atoms with Crippen LogP contribution in [0.4, 0.5) is 0 Å². The molecular weight excluding hydrogens is 520 g/mol. The SMILES string of the molecule is CCCCCCCCCCCCCCCCOC(=O)CCCCCCCCCCCCCCCCCc1cccs1. The number of carbonyl (C=O) groups excluding carboxylic acids is 1. The molecule has 0 aromatic carbocycles. The molecule has 0 fully saturated rings. The number of aryl methyl sites for hydroxylation is 1. The highest BCUT2D eigenvalue weighted by Gasteiger charge is 2.03. The molecular formula is C38H70O2S. The molecule has 0 aliphatic carbocycles. The zero-order valence-electron chi connectivity index (χ0n) is 27.6. The van der Waals surface area contributed by atoms with E-state index in [4.69, 9.17) is 4.74 Å². The van der Waals surface area contributed by atoms with Crippen LogP contribution in [0.5, 0.6) is 0 Å². The van der Waals surface area contributed by atoms with Gasteiger partial charge in [0.1, 0.15) is 0 Å². The largest absolute Gasteiger partial charge is 0.466 e. The molecule has 0 radical (unpaired) electrons. The van der Waals surface area contributed by atoms with Gasteiger partial charge in [0, 0.05) is 11.3 Å². The lowest BCUT2D eigenvalue weighted by Crippen LogP contribution is -2.05. The van der Waals surface area contributed by atoms with Crippen LogP contribution in [-0.4, -0.2) is 12.6 Å². The van der Waals surface area contributed by atoms with E-state index in [-0.39, 0.29) is 5.97 Å². The van der Waals surface area contributed by atoms with Gasteiger partial charge in [-0.25, -0.2) is 0 Å². The molecule has 1 aromatic rings. The first-order chi connectivity index (χ1) is 20.3. The van der Waals surface area contributed by atoms with Crippen LogP contribution in [0.1, 0.15) is 204 Å². The molecule has 0 amide bonds. The predicted molar refractivity (Wildman–Crippen MR) is 183 cm³/mol. The van der Waals surface area contributed by atoms with E-state index in [9.17, 15) is 4.79 Å². The summed E-state index contributed by atoms with van der Waals surface area (Å²) in [6.45, 7) is 2.92. The van der Waals surface area contributed by atoms with Crippen molar-refractivity contribution in [1.82, 2.24) is 0 Å². The predicted octanol–water partition coefficient (Wildman–Crippen LogP) is 13.6. The minimum atomic E-state index is 0.0260. The maximum Gasteiger partial charge on any atom is 0.305 e. The van der Waals surface area contributed by atoms with Crippen LogP contribution in [0.3, 0.4) is 0 Å². The fourth-order valence-corrected chi connectivity index (χ4v) is 6.63. The van der Waals surface area contributed by atoms with E-state index in [1.807, 2.05) is 11.3 Å². The Balaban J connectivity index is 1.66. The van der Waals surface area contributed by atoms with E-state index in [1.54, 1.807) is 4.88 Å². The zero-order chi connectivity index (χ0) is 29.3. The van der Waals surface area contributed by atoms with Gasteiger partial charge in [-0.2, -0.15) is 0 Å². The van der Waals surface area contributed by atoms with Gasteiger partial charge < -0.3 is 4.74 Å². The second-order valence-electron chi connectivity index (χ2n) is 12.7. The summed E-state index contributed by atoms with van der Waals surface area (Å²) < 4.78 is 5.45. The van der Waals surface area contributed by atoms with Gasteiger partial charge in [0.25, 0.3) is 0 Å². The average molecular weight is 591 g/mol. The maximum absolute atomic E-state index is 11.9. The third kappa shape index (κ3) is 29.0. The zero-order valence-corrected chi connectivity index (χ0v) is 28.4. The summed E-state index contributed by atoms with van der Waals surface area (Å²) >= 11 is 1.90. The lowest BCUT2D eigenvalue weighted by atomic mass is 10.0. The number of unbranched alkanes of at least 4 members (excludes halogenated alkanes) is 27. The fourth-order valence-electron chi connectivity index (χ4n) is 5.88. The number of thiophene rings is 1. The van der Waals surface area contributed by atoms with Gasteiger partial charge in [-0.15, -0.1) is 11.3 Å². The summed E-state index contributed by atoms with van der Waals surface area (Å²) in [5, 5.41) is 2.19. The molecule has 0 bridgehead atoms. The highest BCUT2D eigenvalue weighted by molar-refractivity contribution is 7.09. The molecule has 0 saturated heterocycles. The molecule has 0 unspecified atom stereocenters. The Kier molecular flexibility index (Phi) is 29.9. The summed E-state index contributed by atoms with van der Waals surface area (Å²) in [4.78, 5) is 13.5. The van der Waals surface area contributed by atoms with E-state index in [0.29, 0.717) is 13.0 Å². The number of hydrogen-bond donors (Lipinski definition) is 0. The summed E-state index contributed by atoms with van der Waals surface area (Å²) in [7, 11) is 0. The minimum absolute atomic E-state index is 0.0260. The monoisotopic (exact) mass is 591 g/mol. The average Bonchev–Trinajstić information content (AvgIpc) is 3.50. The summed E-state index contributed by atoms with van der Waals surface area (Å²) in [6, 6.07) is 4.44. The Labute approximate surface area is 261 Å². The van der Waals surface area contributed by atoms with Crippen LogP contribution in [0.2, 0.25) is 0 Å². The molecule has 240 valence electrons. The van der Waals surface area contributed by atoms with Crippen molar-refractivity contribution in [2.75, 3.05) is 6.61 Å². The Hall–Kier alpha value is -0.830. The van der Waals surface area contributed by atoms with Gasteiger partial charge in [-0.3, -0.25) is 4.79 Å². The number of rotatable bonds is 33. The van der Waals surface area contributed by atoms with E-state index in [0.717, 1.165) is 12.8 Å². The Morgan fingerprint density at radius 1 is 0.537 bits per heavy atom. The van der Waals surface area contributed by atoms with Crippen LogP contribution < -0.4 is 0 Å². The maximum atomic E-state index is 11.9. The Morgan fingerprint density at radius 3 is 1.34 bits per heavy atom. The van der Waals surface area contributed by atoms with Gasteiger partial charge in [-0.1, -0.05) is 180 Å². The van der Waals surface area contributed by atoms with E-state index in [2.05, 4.69) is 24.4 Å². The highest BCUT2D eigenvalue weighted by atomic mass is 32.1. The van der Waals surface area contributed by atoms with Crippen molar-refractivity contribution in [2.24, 2.45) is 0 Å². The van der Waals surface area contributed by atoms with Crippen LogP contribution in [0, 0.1) is 0 Å². The van der Waals surface area contributed by atoms with Gasteiger partial charge in [0.05, 0.1) is 6.61 Å². The molecule has 2 nitrogen and oxygen atoms in total. The molecule has 3 heteroatoms. The van der Waals surface area contributed by atoms with Crippen LogP contribution in [0.15, 0.2) is 17.5 Å². The quantitative estimate of drug-likeness (QED) is 0.0601. The molecule has 0 spiro atoms. The smallest absolute Gasteiger partial charge is 0.305 e. The topological polar surface area (TPSA) is 26.3 Å². The molecule has 0 N–H and O–H groups in total. The molecule has 0 aliphatic rings. The van der Waals surface area contributed by atoms with Crippen molar-refractivity contribution < 1.29 is 9.53 Å². The highest BCUT2D eigenvalue weighted by Crippen LogP contribution is 2.17. The lowest BCUT2D eigenvalue weighted by molar-refractivity contribution is -0.143. The summed E-state index contributed by atoms with van der Waals surface area (Å²) in [5.41, 5.74) is 0. The molecule has 1 heterocycles. The first kappa shape index (κ1) is 38.2. The Bertz CT molecular complexity index is 626. The third-order valence-corrected chi connectivity index (χ3v) is 9.58. The van der Waals surface area contributed by atoms with E-state index in [1.165, 1.54) is 180 Å². The molecule has 0 atom stereocenters. The number of esters is 1. The van der Waals surface area contributed by atoms with Gasteiger partial charge >= 0.3 is 5.97 Å². The Morgan fingerprint density at radius 2 is 0.927 bits per heavy atom. The molecule has 41 heavy (non-hydrogen) atoms. The summed E-state index contributed by atoms with van der Waals surface area (Å²) in [5.74, 6) is 0.0260. The van der Waals surface area contributed by atoms with Gasteiger partial charge in [0.2, 0.25) is 0 Å². The minimum Gasteiger partial charge on any atom is -0.466 e. The second kappa shape index (κ2) is 32.1. The van der Waals surface area contributed by atoms with Crippen molar-refractivity contribution in [3.63, 3.8) is 0 Å². The van der Waals surface area contributed by atoms with Gasteiger partial charge in [0.15, 0.2) is 0 Å². The van der Waals surface area contributed by atoms with Crippen LogP contribution in [-0.2, 0) is 16.0 Å². The number of hydrogen-bond acceptors (Lipinski definition) is 3. The van der Waals surface area contributed by atoms with E-state index >= 15 is 0 Å². The van der Waals surface area contributed by atoms with Crippen molar-refractivity contribution in [3.05, 3.63) is 22.4 Å². The van der Waals surface area contributed by atoms with Crippen LogP contribution in [0.25, 0.3) is 0 Å². The van der Waals surface area contributed by atoms with Crippen molar-refractivity contribution in [2.45, 2.75) is 206 Å².